The number of nitrogens with zero attached hydrogens (tertiary/aromatic N) is 3. The zero-order valence-corrected chi connectivity index (χ0v) is 17.5. The van der Waals surface area contributed by atoms with E-state index in [4.69, 9.17) is 0 Å². The molecule has 9 heteroatoms. The smallest absolute Gasteiger partial charge is 0.354 e. The summed E-state index contributed by atoms with van der Waals surface area (Å²) in [6, 6.07) is 6.86. The monoisotopic (exact) mass is 434 g/mol. The van der Waals surface area contributed by atoms with E-state index in [9.17, 15) is 22.8 Å². The number of aryl methyl sites for hydroxylation is 2. The SMILES string of the molecule is Cc1ccc(N2C[C@H](C(=O)NCCn3nc(C(F)(F)F)cc3C3CC3)CC2=O)cc1C. The molecule has 2 amide bonds. The van der Waals surface area contributed by atoms with Gasteiger partial charge in [0, 0.05) is 36.8 Å². The maximum atomic E-state index is 13.0. The summed E-state index contributed by atoms with van der Waals surface area (Å²) in [7, 11) is 0. The van der Waals surface area contributed by atoms with Gasteiger partial charge >= 0.3 is 6.18 Å². The summed E-state index contributed by atoms with van der Waals surface area (Å²) in [6.07, 6.45) is -2.66. The van der Waals surface area contributed by atoms with Gasteiger partial charge in [0.05, 0.1) is 12.5 Å². The number of hydrogen-bond donors (Lipinski definition) is 1. The van der Waals surface area contributed by atoms with Crippen LogP contribution in [0.1, 0.15) is 47.7 Å². The molecule has 0 unspecified atom stereocenters. The lowest BCUT2D eigenvalue weighted by Crippen LogP contribution is -2.35. The molecule has 4 rings (SSSR count). The van der Waals surface area contributed by atoms with Crippen molar-refractivity contribution in [1.29, 1.82) is 0 Å². The summed E-state index contributed by atoms with van der Waals surface area (Å²) in [6.45, 7) is 4.58. The molecule has 1 aromatic carbocycles. The number of hydrogen-bond acceptors (Lipinski definition) is 3. The van der Waals surface area contributed by atoms with Gasteiger partial charge in [-0.15, -0.1) is 0 Å². The molecule has 1 N–H and O–H groups in total. The molecule has 2 fully saturated rings. The van der Waals surface area contributed by atoms with Gasteiger partial charge < -0.3 is 10.2 Å². The molecule has 1 aliphatic heterocycles. The number of rotatable bonds is 6. The Labute approximate surface area is 178 Å². The molecule has 2 aromatic rings. The lowest BCUT2D eigenvalue weighted by Gasteiger charge is -2.18. The Kier molecular flexibility index (Phi) is 5.53. The fourth-order valence-corrected chi connectivity index (χ4v) is 3.91. The predicted octanol–water partition coefficient (Wildman–Crippen LogP) is 3.57. The van der Waals surface area contributed by atoms with Gasteiger partial charge in [0.25, 0.3) is 0 Å². The summed E-state index contributed by atoms with van der Waals surface area (Å²) >= 11 is 0. The van der Waals surface area contributed by atoms with Crippen LogP contribution in [0.2, 0.25) is 0 Å². The molecule has 1 aliphatic carbocycles. The highest BCUT2D eigenvalue weighted by molar-refractivity contribution is 6.00. The third kappa shape index (κ3) is 4.60. The number of amides is 2. The van der Waals surface area contributed by atoms with E-state index >= 15 is 0 Å². The molecular weight excluding hydrogens is 409 g/mol. The van der Waals surface area contributed by atoms with Crippen molar-refractivity contribution in [3.63, 3.8) is 0 Å². The van der Waals surface area contributed by atoms with Crippen LogP contribution in [0.5, 0.6) is 0 Å². The summed E-state index contributed by atoms with van der Waals surface area (Å²) in [5.74, 6) is -0.754. The van der Waals surface area contributed by atoms with Crippen molar-refractivity contribution in [3.8, 4) is 0 Å². The normalized spacial score (nSPS) is 19.2. The first-order valence-electron chi connectivity index (χ1n) is 10.4. The molecule has 0 radical (unpaired) electrons. The van der Waals surface area contributed by atoms with Crippen LogP contribution in [0, 0.1) is 19.8 Å². The maximum absolute atomic E-state index is 13.0. The van der Waals surface area contributed by atoms with E-state index in [-0.39, 0.29) is 37.2 Å². The van der Waals surface area contributed by atoms with Gasteiger partial charge in [-0.2, -0.15) is 18.3 Å². The van der Waals surface area contributed by atoms with E-state index in [0.29, 0.717) is 12.2 Å². The lowest BCUT2D eigenvalue weighted by atomic mass is 10.1. The number of halogens is 3. The number of carbonyl (C=O) groups excluding carboxylic acids is 2. The first kappa shape index (κ1) is 21.4. The molecule has 6 nitrogen and oxygen atoms in total. The summed E-state index contributed by atoms with van der Waals surface area (Å²) in [4.78, 5) is 26.6. The van der Waals surface area contributed by atoms with Gasteiger partial charge in [0.15, 0.2) is 5.69 Å². The third-order valence-corrected chi connectivity index (χ3v) is 6.02. The molecular formula is C22H25F3N4O2. The Balaban J connectivity index is 1.35. The minimum atomic E-state index is -4.49. The first-order chi connectivity index (χ1) is 14.6. The van der Waals surface area contributed by atoms with Gasteiger partial charge in [-0.3, -0.25) is 14.3 Å². The van der Waals surface area contributed by atoms with Crippen molar-refractivity contribution in [2.24, 2.45) is 5.92 Å². The molecule has 1 saturated heterocycles. The molecule has 166 valence electrons. The Morgan fingerprint density at radius 3 is 2.58 bits per heavy atom. The molecule has 1 aromatic heterocycles. The number of benzene rings is 1. The van der Waals surface area contributed by atoms with Crippen molar-refractivity contribution in [1.82, 2.24) is 15.1 Å². The zero-order chi connectivity index (χ0) is 22.3. The van der Waals surface area contributed by atoms with Gasteiger partial charge in [-0.1, -0.05) is 6.07 Å². The number of aromatic nitrogens is 2. The molecule has 0 spiro atoms. The Hall–Kier alpha value is -2.84. The van der Waals surface area contributed by atoms with Crippen LogP contribution >= 0.6 is 0 Å². The summed E-state index contributed by atoms with van der Waals surface area (Å²) in [5.41, 5.74) is 2.64. The van der Waals surface area contributed by atoms with Crippen molar-refractivity contribution < 1.29 is 22.8 Å². The van der Waals surface area contributed by atoms with Crippen molar-refractivity contribution >= 4 is 17.5 Å². The molecule has 2 aliphatic rings. The number of alkyl halides is 3. The van der Waals surface area contributed by atoms with Crippen LogP contribution < -0.4 is 10.2 Å². The molecule has 1 atom stereocenters. The fourth-order valence-electron chi connectivity index (χ4n) is 3.91. The maximum Gasteiger partial charge on any atom is 0.435 e. The third-order valence-electron chi connectivity index (χ3n) is 6.02. The van der Waals surface area contributed by atoms with E-state index < -0.39 is 17.8 Å². The summed E-state index contributed by atoms with van der Waals surface area (Å²) < 4.78 is 40.3. The number of nitrogens with one attached hydrogen (secondary N) is 1. The van der Waals surface area contributed by atoms with Crippen LogP contribution in [0.25, 0.3) is 0 Å². The van der Waals surface area contributed by atoms with Gasteiger partial charge in [-0.05, 0) is 56.0 Å². The van der Waals surface area contributed by atoms with E-state index in [1.165, 1.54) is 4.68 Å². The topological polar surface area (TPSA) is 67.2 Å². The van der Waals surface area contributed by atoms with Crippen LogP contribution in [0.3, 0.4) is 0 Å². The minimum Gasteiger partial charge on any atom is -0.354 e. The average Bonchev–Trinajstić information content (AvgIpc) is 3.33. The second-order valence-corrected chi connectivity index (χ2v) is 8.41. The molecule has 31 heavy (non-hydrogen) atoms. The van der Waals surface area contributed by atoms with Crippen LogP contribution in [-0.2, 0) is 22.3 Å². The van der Waals surface area contributed by atoms with Crippen LogP contribution in [-0.4, -0.2) is 34.7 Å². The van der Waals surface area contributed by atoms with Gasteiger partial charge in [0.1, 0.15) is 0 Å². The first-order valence-corrected chi connectivity index (χ1v) is 10.4. The van der Waals surface area contributed by atoms with E-state index in [1.54, 1.807) is 4.90 Å². The quantitative estimate of drug-likeness (QED) is 0.756. The van der Waals surface area contributed by atoms with Crippen molar-refractivity contribution in [2.75, 3.05) is 18.0 Å². The van der Waals surface area contributed by atoms with Crippen LogP contribution in [0.15, 0.2) is 24.3 Å². The predicted molar refractivity (Wildman–Crippen MR) is 109 cm³/mol. The number of carbonyl (C=O) groups is 2. The van der Waals surface area contributed by atoms with E-state index in [0.717, 1.165) is 35.7 Å². The highest BCUT2D eigenvalue weighted by Crippen LogP contribution is 2.42. The molecule has 2 heterocycles. The van der Waals surface area contributed by atoms with Crippen LogP contribution in [0.4, 0.5) is 18.9 Å². The second-order valence-electron chi connectivity index (χ2n) is 8.41. The standard InChI is InChI=1S/C22H25F3N4O2/c1-13-3-6-17(9-14(13)2)28-12-16(10-20(28)30)21(31)26-7-8-29-18(15-4-5-15)11-19(27-29)22(23,24)25/h3,6,9,11,15-16H,4-5,7-8,10,12H2,1-2H3,(H,26,31)/t16-/m1/s1. The molecule has 0 bridgehead atoms. The van der Waals surface area contributed by atoms with Gasteiger partial charge in [0.2, 0.25) is 11.8 Å². The average molecular weight is 434 g/mol. The van der Waals surface area contributed by atoms with E-state index in [2.05, 4.69) is 10.4 Å². The van der Waals surface area contributed by atoms with Gasteiger partial charge in [-0.25, -0.2) is 0 Å². The van der Waals surface area contributed by atoms with Crippen molar-refractivity contribution in [3.05, 3.63) is 46.8 Å². The highest BCUT2D eigenvalue weighted by atomic mass is 19.4. The Bertz CT molecular complexity index is 1010. The zero-order valence-electron chi connectivity index (χ0n) is 17.5. The largest absolute Gasteiger partial charge is 0.435 e. The molecule has 1 saturated carbocycles. The van der Waals surface area contributed by atoms with E-state index in [1.807, 2.05) is 32.0 Å². The highest BCUT2D eigenvalue weighted by Gasteiger charge is 2.38. The minimum absolute atomic E-state index is 0.110. The Morgan fingerprint density at radius 2 is 1.94 bits per heavy atom. The lowest BCUT2D eigenvalue weighted by molar-refractivity contribution is -0.141. The number of anilines is 1. The Morgan fingerprint density at radius 1 is 1.19 bits per heavy atom. The summed E-state index contributed by atoms with van der Waals surface area (Å²) in [5, 5.41) is 6.45. The second kappa shape index (κ2) is 8.01. The fraction of sp³-hybridized carbons (Fsp3) is 0.500. The van der Waals surface area contributed by atoms with Crippen molar-refractivity contribution in [2.45, 2.75) is 51.7 Å².